The van der Waals surface area contributed by atoms with E-state index >= 15 is 0 Å². The monoisotopic (exact) mass is 205 g/mol. The highest BCUT2D eigenvalue weighted by Crippen LogP contribution is 2.15. The van der Waals surface area contributed by atoms with Gasteiger partial charge in [0.25, 0.3) is 0 Å². The summed E-state index contributed by atoms with van der Waals surface area (Å²) in [6.45, 7) is 3.69. The summed E-state index contributed by atoms with van der Waals surface area (Å²) in [7, 11) is 2.06. The third kappa shape index (κ3) is 2.04. The number of Topliss-reactive ketones (excluding diaryl/α,β-unsaturated/α-hetero) is 1. The first-order valence-electron chi connectivity index (χ1n) is 5.27. The molecule has 80 valence electrons. The first-order chi connectivity index (χ1) is 7.20. The van der Waals surface area contributed by atoms with E-state index in [0.717, 1.165) is 25.2 Å². The van der Waals surface area contributed by atoms with Crippen molar-refractivity contribution in [3.8, 4) is 0 Å². The third-order valence-corrected chi connectivity index (χ3v) is 2.71. The van der Waals surface area contributed by atoms with Gasteiger partial charge in [-0.25, -0.2) is 9.97 Å². The molecule has 0 radical (unpaired) electrons. The number of nitrogens with zero attached hydrogens (tertiary/aromatic N) is 3. The molecule has 1 aliphatic heterocycles. The highest BCUT2D eigenvalue weighted by atomic mass is 16.1. The molecule has 0 unspecified atom stereocenters. The van der Waals surface area contributed by atoms with Crippen molar-refractivity contribution < 1.29 is 4.79 Å². The maximum absolute atomic E-state index is 11.4. The zero-order valence-electron chi connectivity index (χ0n) is 9.16. The molecule has 0 amide bonds. The van der Waals surface area contributed by atoms with Gasteiger partial charge in [0, 0.05) is 25.7 Å². The molecule has 4 heteroatoms. The number of fused-ring (bicyclic) bond motifs is 1. The predicted molar refractivity (Wildman–Crippen MR) is 56.7 cm³/mol. The Labute approximate surface area is 89.3 Å². The number of hydrogen-bond acceptors (Lipinski definition) is 4. The van der Waals surface area contributed by atoms with Gasteiger partial charge in [-0.1, -0.05) is 6.92 Å². The number of hydrogen-bond donors (Lipinski definition) is 0. The van der Waals surface area contributed by atoms with Gasteiger partial charge >= 0.3 is 0 Å². The van der Waals surface area contributed by atoms with E-state index in [9.17, 15) is 4.79 Å². The maximum Gasteiger partial charge on any atom is 0.199 e. The van der Waals surface area contributed by atoms with E-state index in [1.807, 2.05) is 6.92 Å². The summed E-state index contributed by atoms with van der Waals surface area (Å²) in [4.78, 5) is 22.1. The Balaban J connectivity index is 2.32. The summed E-state index contributed by atoms with van der Waals surface area (Å²) >= 11 is 0. The molecule has 0 N–H and O–H groups in total. The van der Waals surface area contributed by atoms with Crippen LogP contribution in [0.4, 0.5) is 0 Å². The molecule has 0 atom stereocenters. The number of ketones is 1. The standard InChI is InChI=1S/C11H15N3O/c1-3-10(15)11-12-6-8-4-5-14(2)7-9(8)13-11/h6H,3-5,7H2,1-2H3. The van der Waals surface area contributed by atoms with Gasteiger partial charge in [-0.3, -0.25) is 4.79 Å². The van der Waals surface area contributed by atoms with Crippen molar-refractivity contribution in [3.63, 3.8) is 0 Å². The van der Waals surface area contributed by atoms with Crippen molar-refractivity contribution in [1.82, 2.24) is 14.9 Å². The summed E-state index contributed by atoms with van der Waals surface area (Å²) in [5.74, 6) is 0.387. The first-order valence-corrected chi connectivity index (χ1v) is 5.27. The molecule has 0 saturated carbocycles. The van der Waals surface area contributed by atoms with Crippen LogP contribution < -0.4 is 0 Å². The molecule has 15 heavy (non-hydrogen) atoms. The second kappa shape index (κ2) is 4.06. The SMILES string of the molecule is CCC(=O)c1ncc2c(n1)CN(C)CC2. The van der Waals surface area contributed by atoms with E-state index in [-0.39, 0.29) is 5.78 Å². The second-order valence-electron chi connectivity index (χ2n) is 3.93. The van der Waals surface area contributed by atoms with Crippen LogP contribution in [0.1, 0.15) is 35.2 Å². The number of likely N-dealkylation sites (N-methyl/N-ethyl adjacent to an activating group) is 1. The van der Waals surface area contributed by atoms with Gasteiger partial charge < -0.3 is 4.90 Å². The fourth-order valence-corrected chi connectivity index (χ4v) is 1.73. The van der Waals surface area contributed by atoms with E-state index in [4.69, 9.17) is 0 Å². The molecular weight excluding hydrogens is 190 g/mol. The van der Waals surface area contributed by atoms with E-state index in [2.05, 4.69) is 21.9 Å². The predicted octanol–water partition coefficient (Wildman–Crippen LogP) is 1.06. The molecule has 2 rings (SSSR count). The molecule has 2 heterocycles. The van der Waals surface area contributed by atoms with Crippen molar-refractivity contribution >= 4 is 5.78 Å². The Bertz CT molecular complexity index is 389. The molecule has 0 saturated heterocycles. The fraction of sp³-hybridized carbons (Fsp3) is 0.545. The molecule has 1 aromatic heterocycles. The molecule has 1 aromatic rings. The lowest BCUT2D eigenvalue weighted by Crippen LogP contribution is -2.28. The van der Waals surface area contributed by atoms with Crippen molar-refractivity contribution in [2.75, 3.05) is 13.6 Å². The van der Waals surface area contributed by atoms with Gasteiger partial charge in [0.2, 0.25) is 0 Å². The number of rotatable bonds is 2. The summed E-state index contributed by atoms with van der Waals surface area (Å²) in [5, 5.41) is 0. The molecule has 4 nitrogen and oxygen atoms in total. The lowest BCUT2D eigenvalue weighted by Gasteiger charge is -2.23. The zero-order valence-corrected chi connectivity index (χ0v) is 9.16. The van der Waals surface area contributed by atoms with Crippen LogP contribution in [0.15, 0.2) is 6.20 Å². The fourth-order valence-electron chi connectivity index (χ4n) is 1.73. The average Bonchev–Trinajstić information content (AvgIpc) is 2.27. The summed E-state index contributed by atoms with van der Waals surface area (Å²) < 4.78 is 0. The van der Waals surface area contributed by atoms with Crippen LogP contribution in [-0.4, -0.2) is 34.2 Å². The first kappa shape index (κ1) is 10.2. The summed E-state index contributed by atoms with van der Waals surface area (Å²) in [6.07, 6.45) is 3.25. The largest absolute Gasteiger partial charge is 0.300 e. The molecule has 0 aromatic carbocycles. The average molecular weight is 205 g/mol. The molecule has 0 spiro atoms. The Morgan fingerprint density at radius 1 is 1.60 bits per heavy atom. The molecule has 0 fully saturated rings. The number of carbonyl (C=O) groups excluding carboxylic acids is 1. The highest BCUT2D eigenvalue weighted by molar-refractivity contribution is 5.92. The normalized spacial score (nSPS) is 16.1. The van der Waals surface area contributed by atoms with E-state index in [0.29, 0.717) is 12.2 Å². The van der Waals surface area contributed by atoms with Gasteiger partial charge in [-0.2, -0.15) is 0 Å². The quantitative estimate of drug-likeness (QED) is 0.677. The topological polar surface area (TPSA) is 46.1 Å². The van der Waals surface area contributed by atoms with Crippen LogP contribution in [0.25, 0.3) is 0 Å². The highest BCUT2D eigenvalue weighted by Gasteiger charge is 2.17. The Morgan fingerprint density at radius 3 is 3.13 bits per heavy atom. The van der Waals surface area contributed by atoms with Crippen molar-refractivity contribution in [3.05, 3.63) is 23.3 Å². The maximum atomic E-state index is 11.4. The third-order valence-electron chi connectivity index (χ3n) is 2.71. The van der Waals surface area contributed by atoms with Gasteiger partial charge in [0.1, 0.15) is 0 Å². The summed E-state index contributed by atoms with van der Waals surface area (Å²) in [6, 6.07) is 0. The molecule has 0 bridgehead atoms. The van der Waals surface area contributed by atoms with Crippen molar-refractivity contribution in [2.45, 2.75) is 26.3 Å². The molecule has 1 aliphatic rings. The number of aromatic nitrogens is 2. The van der Waals surface area contributed by atoms with Gasteiger partial charge in [-0.15, -0.1) is 0 Å². The van der Waals surface area contributed by atoms with E-state index < -0.39 is 0 Å². The Morgan fingerprint density at radius 2 is 2.40 bits per heavy atom. The lowest BCUT2D eigenvalue weighted by molar-refractivity contribution is 0.0977. The van der Waals surface area contributed by atoms with Crippen LogP contribution in [0, 0.1) is 0 Å². The molecular formula is C11H15N3O. The van der Waals surface area contributed by atoms with E-state index in [1.165, 1.54) is 5.56 Å². The Hall–Kier alpha value is -1.29. The van der Waals surface area contributed by atoms with Gasteiger partial charge in [-0.05, 0) is 19.0 Å². The van der Waals surface area contributed by atoms with Crippen LogP contribution in [0.5, 0.6) is 0 Å². The second-order valence-corrected chi connectivity index (χ2v) is 3.93. The molecule has 0 aliphatic carbocycles. The van der Waals surface area contributed by atoms with Gasteiger partial charge in [0.15, 0.2) is 11.6 Å². The van der Waals surface area contributed by atoms with Crippen LogP contribution >= 0.6 is 0 Å². The minimum atomic E-state index is 0.0195. The summed E-state index contributed by atoms with van der Waals surface area (Å²) in [5.41, 5.74) is 2.19. The van der Waals surface area contributed by atoms with Crippen LogP contribution in [0.3, 0.4) is 0 Å². The van der Waals surface area contributed by atoms with Crippen LogP contribution in [0.2, 0.25) is 0 Å². The van der Waals surface area contributed by atoms with Gasteiger partial charge in [0.05, 0.1) is 5.69 Å². The Kier molecular flexibility index (Phi) is 2.77. The lowest BCUT2D eigenvalue weighted by atomic mass is 10.1. The van der Waals surface area contributed by atoms with Crippen molar-refractivity contribution in [2.24, 2.45) is 0 Å². The smallest absolute Gasteiger partial charge is 0.199 e. The van der Waals surface area contributed by atoms with E-state index in [1.54, 1.807) is 6.20 Å². The minimum Gasteiger partial charge on any atom is -0.300 e. The number of carbonyl (C=O) groups is 1. The van der Waals surface area contributed by atoms with Crippen molar-refractivity contribution in [1.29, 1.82) is 0 Å². The minimum absolute atomic E-state index is 0.0195. The zero-order chi connectivity index (χ0) is 10.8. The van der Waals surface area contributed by atoms with Crippen LogP contribution in [-0.2, 0) is 13.0 Å².